The van der Waals surface area contributed by atoms with E-state index in [2.05, 4.69) is 21.2 Å². The highest BCUT2D eigenvalue weighted by molar-refractivity contribution is 9.10. The number of rotatable bonds is 3. The van der Waals surface area contributed by atoms with E-state index in [1.807, 2.05) is 31.2 Å². The fourth-order valence-electron chi connectivity index (χ4n) is 2.49. The Hall–Kier alpha value is -0.970. The average Bonchev–Trinajstić information content (AvgIpc) is 2.38. The third-order valence-corrected chi connectivity index (χ3v) is 4.29. The van der Waals surface area contributed by atoms with Crippen molar-refractivity contribution in [1.82, 2.24) is 5.32 Å². The van der Waals surface area contributed by atoms with Crippen LogP contribution in [-0.4, -0.2) is 11.8 Å². The Morgan fingerprint density at radius 3 is 2.65 bits per heavy atom. The summed E-state index contributed by atoms with van der Waals surface area (Å²) in [5.74, 6) is -3.00. The number of carbonyl (C=O) groups is 1. The minimum atomic E-state index is -2.59. The molecule has 0 spiro atoms. The highest BCUT2D eigenvalue weighted by Gasteiger charge is 2.37. The zero-order chi connectivity index (χ0) is 14.8. The van der Waals surface area contributed by atoms with Crippen molar-refractivity contribution in [3.05, 3.63) is 34.3 Å². The summed E-state index contributed by atoms with van der Waals surface area (Å²) >= 11 is 3.39. The minimum Gasteiger partial charge on any atom is -0.349 e. The van der Waals surface area contributed by atoms with E-state index in [1.54, 1.807) is 0 Å². The number of benzene rings is 1. The van der Waals surface area contributed by atoms with Gasteiger partial charge in [0.15, 0.2) is 0 Å². The van der Waals surface area contributed by atoms with Gasteiger partial charge in [0.25, 0.3) is 0 Å². The molecule has 1 atom stereocenters. The van der Waals surface area contributed by atoms with E-state index in [0.717, 1.165) is 10.0 Å². The molecule has 1 aliphatic carbocycles. The van der Waals surface area contributed by atoms with Crippen LogP contribution in [-0.2, 0) is 4.79 Å². The van der Waals surface area contributed by atoms with Crippen LogP contribution in [0.1, 0.15) is 44.2 Å². The maximum atomic E-state index is 13.1. The minimum absolute atomic E-state index is 0.118. The lowest BCUT2D eigenvalue weighted by atomic mass is 9.86. The summed E-state index contributed by atoms with van der Waals surface area (Å²) in [6, 6.07) is 7.58. The highest BCUT2D eigenvalue weighted by Crippen LogP contribution is 2.36. The van der Waals surface area contributed by atoms with Crippen LogP contribution in [0.15, 0.2) is 28.7 Å². The van der Waals surface area contributed by atoms with Gasteiger partial charge >= 0.3 is 0 Å². The van der Waals surface area contributed by atoms with E-state index in [1.165, 1.54) is 0 Å². The largest absolute Gasteiger partial charge is 0.349 e. The van der Waals surface area contributed by atoms with Gasteiger partial charge in [0.2, 0.25) is 11.8 Å². The fourth-order valence-corrected chi connectivity index (χ4v) is 2.91. The lowest BCUT2D eigenvalue weighted by Crippen LogP contribution is -2.37. The standard InChI is InChI=1S/C15H18BrF2NO/c1-10(12-3-2-4-13(16)9-12)19-14(20)11-5-7-15(17,18)8-6-11/h2-4,9-11H,5-8H2,1H3,(H,19,20). The second-order valence-corrected chi connectivity index (χ2v) is 6.33. The number of carbonyl (C=O) groups excluding carboxylic acids is 1. The molecule has 0 aromatic heterocycles. The second-order valence-electron chi connectivity index (χ2n) is 5.42. The smallest absolute Gasteiger partial charge is 0.248 e. The zero-order valence-corrected chi connectivity index (χ0v) is 12.9. The van der Waals surface area contributed by atoms with Crippen LogP contribution in [0.5, 0.6) is 0 Å². The predicted molar refractivity (Wildman–Crippen MR) is 77.6 cm³/mol. The molecular formula is C15H18BrF2NO. The summed E-state index contributed by atoms with van der Waals surface area (Å²) in [5, 5.41) is 2.92. The van der Waals surface area contributed by atoms with E-state index in [4.69, 9.17) is 0 Å². The summed E-state index contributed by atoms with van der Waals surface area (Å²) < 4.78 is 27.1. The third kappa shape index (κ3) is 4.01. The molecule has 1 aromatic carbocycles. The van der Waals surface area contributed by atoms with Crippen LogP contribution in [0.25, 0.3) is 0 Å². The molecule has 1 saturated carbocycles. The monoisotopic (exact) mass is 345 g/mol. The lowest BCUT2D eigenvalue weighted by molar-refractivity contribution is -0.129. The Morgan fingerprint density at radius 1 is 1.40 bits per heavy atom. The molecule has 1 fully saturated rings. The SMILES string of the molecule is CC(NC(=O)C1CCC(F)(F)CC1)c1cccc(Br)c1. The molecule has 110 valence electrons. The van der Waals surface area contributed by atoms with Gasteiger partial charge in [-0.25, -0.2) is 8.78 Å². The Bertz CT molecular complexity index is 483. The summed E-state index contributed by atoms with van der Waals surface area (Å²) in [7, 11) is 0. The van der Waals surface area contributed by atoms with Crippen molar-refractivity contribution in [2.45, 2.75) is 44.6 Å². The van der Waals surface area contributed by atoms with Gasteiger partial charge in [-0.05, 0) is 37.5 Å². The number of halogens is 3. The van der Waals surface area contributed by atoms with Crippen molar-refractivity contribution in [1.29, 1.82) is 0 Å². The van der Waals surface area contributed by atoms with Gasteiger partial charge < -0.3 is 5.32 Å². The molecular weight excluding hydrogens is 328 g/mol. The maximum Gasteiger partial charge on any atom is 0.248 e. The molecule has 0 aliphatic heterocycles. The number of nitrogens with one attached hydrogen (secondary N) is 1. The van der Waals surface area contributed by atoms with E-state index in [-0.39, 0.29) is 43.6 Å². The molecule has 1 unspecified atom stereocenters. The molecule has 0 saturated heterocycles. The summed E-state index contributed by atoms with van der Waals surface area (Å²) in [4.78, 5) is 12.1. The van der Waals surface area contributed by atoms with E-state index in [9.17, 15) is 13.6 Å². The average molecular weight is 346 g/mol. The van der Waals surface area contributed by atoms with Crippen molar-refractivity contribution < 1.29 is 13.6 Å². The van der Waals surface area contributed by atoms with Crippen LogP contribution < -0.4 is 5.32 Å². The highest BCUT2D eigenvalue weighted by atomic mass is 79.9. The van der Waals surface area contributed by atoms with Crippen LogP contribution >= 0.6 is 15.9 Å². The van der Waals surface area contributed by atoms with Crippen molar-refractivity contribution in [2.75, 3.05) is 0 Å². The Labute approximate surface area is 126 Å². The van der Waals surface area contributed by atoms with E-state index in [0.29, 0.717) is 0 Å². The Balaban J connectivity index is 1.91. The summed E-state index contributed by atoms with van der Waals surface area (Å²) in [5.41, 5.74) is 0.994. The molecule has 20 heavy (non-hydrogen) atoms. The predicted octanol–water partition coefficient (Wildman–Crippen LogP) is 4.45. The Morgan fingerprint density at radius 2 is 2.05 bits per heavy atom. The van der Waals surface area contributed by atoms with Crippen LogP contribution in [0.4, 0.5) is 8.78 Å². The first-order valence-electron chi connectivity index (χ1n) is 6.81. The van der Waals surface area contributed by atoms with Gasteiger partial charge in [0.05, 0.1) is 6.04 Å². The third-order valence-electron chi connectivity index (χ3n) is 3.80. The van der Waals surface area contributed by atoms with E-state index >= 15 is 0 Å². The molecule has 0 heterocycles. The molecule has 1 amide bonds. The molecule has 5 heteroatoms. The summed E-state index contributed by atoms with van der Waals surface area (Å²) in [6.45, 7) is 1.90. The van der Waals surface area contributed by atoms with Gasteiger partial charge in [-0.3, -0.25) is 4.79 Å². The maximum absolute atomic E-state index is 13.1. The number of hydrogen-bond acceptors (Lipinski definition) is 1. The number of hydrogen-bond donors (Lipinski definition) is 1. The first-order valence-corrected chi connectivity index (χ1v) is 7.60. The van der Waals surface area contributed by atoms with Crippen molar-refractivity contribution >= 4 is 21.8 Å². The molecule has 1 N–H and O–H groups in total. The number of alkyl halides is 2. The van der Waals surface area contributed by atoms with Crippen LogP contribution in [0, 0.1) is 5.92 Å². The normalized spacial score (nSPS) is 20.4. The number of amides is 1. The molecule has 0 bridgehead atoms. The Kier molecular flexibility index (Phi) is 4.78. The van der Waals surface area contributed by atoms with Crippen molar-refractivity contribution in [2.24, 2.45) is 5.92 Å². The van der Waals surface area contributed by atoms with Crippen LogP contribution in [0.3, 0.4) is 0 Å². The van der Waals surface area contributed by atoms with Gasteiger partial charge in [0, 0.05) is 23.2 Å². The van der Waals surface area contributed by atoms with Crippen LogP contribution in [0.2, 0.25) is 0 Å². The second kappa shape index (κ2) is 6.20. The quantitative estimate of drug-likeness (QED) is 0.861. The topological polar surface area (TPSA) is 29.1 Å². The lowest BCUT2D eigenvalue weighted by Gasteiger charge is -2.28. The molecule has 2 rings (SSSR count). The zero-order valence-electron chi connectivity index (χ0n) is 11.3. The molecule has 0 radical (unpaired) electrons. The fraction of sp³-hybridized carbons (Fsp3) is 0.533. The molecule has 1 aliphatic rings. The van der Waals surface area contributed by atoms with Gasteiger partial charge in [-0.1, -0.05) is 28.1 Å². The molecule has 1 aromatic rings. The first-order chi connectivity index (χ1) is 9.37. The van der Waals surface area contributed by atoms with Gasteiger partial charge in [-0.2, -0.15) is 0 Å². The van der Waals surface area contributed by atoms with E-state index < -0.39 is 5.92 Å². The van der Waals surface area contributed by atoms with Gasteiger partial charge in [0.1, 0.15) is 0 Å². The van der Waals surface area contributed by atoms with Gasteiger partial charge in [-0.15, -0.1) is 0 Å². The first kappa shape index (κ1) is 15.4. The summed E-state index contributed by atoms with van der Waals surface area (Å²) in [6.07, 6.45) is 0.167. The van der Waals surface area contributed by atoms with Crippen molar-refractivity contribution in [3.63, 3.8) is 0 Å². The molecule has 2 nitrogen and oxygen atoms in total. The van der Waals surface area contributed by atoms with Crippen molar-refractivity contribution in [3.8, 4) is 0 Å².